The molecule has 0 unspecified atom stereocenters. The van der Waals surface area contributed by atoms with Crippen LogP contribution in [0.15, 0.2) is 46.9 Å². The predicted octanol–water partition coefficient (Wildman–Crippen LogP) is 3.70. The summed E-state index contributed by atoms with van der Waals surface area (Å²) in [7, 11) is 0. The Morgan fingerprint density at radius 1 is 1.29 bits per heavy atom. The number of carboxylic acids is 1. The fourth-order valence-corrected chi connectivity index (χ4v) is 1.58. The molecule has 2 rings (SSSR count). The summed E-state index contributed by atoms with van der Waals surface area (Å²) in [5, 5.41) is 9.12. The van der Waals surface area contributed by atoms with E-state index in [9.17, 15) is 4.79 Å². The minimum Gasteiger partial charge on any atom is -0.478 e. The quantitative estimate of drug-likeness (QED) is 0.843. The number of benzene rings is 1. The minimum absolute atomic E-state index is 0.488. The number of aliphatic carboxylic acids is 1. The molecule has 0 saturated heterocycles. The van der Waals surface area contributed by atoms with Gasteiger partial charge in [-0.1, -0.05) is 23.7 Å². The van der Waals surface area contributed by atoms with Gasteiger partial charge in [0, 0.05) is 16.7 Å². The Kier molecular flexibility index (Phi) is 3.30. The molecule has 0 spiro atoms. The summed E-state index contributed by atoms with van der Waals surface area (Å²) in [6.07, 6.45) is 2.43. The molecule has 2 aromatic rings. The number of hydrogen-bond donors (Lipinski definition) is 1. The average Bonchev–Trinajstić information content (AvgIpc) is 2.75. The highest BCUT2D eigenvalue weighted by molar-refractivity contribution is 6.30. The van der Waals surface area contributed by atoms with Gasteiger partial charge in [0.2, 0.25) is 0 Å². The van der Waals surface area contributed by atoms with Crippen molar-refractivity contribution >= 4 is 23.6 Å². The van der Waals surface area contributed by atoms with Crippen LogP contribution in [0, 0.1) is 0 Å². The van der Waals surface area contributed by atoms with Crippen molar-refractivity contribution < 1.29 is 14.3 Å². The summed E-state index contributed by atoms with van der Waals surface area (Å²) in [6.45, 7) is 0. The zero-order valence-electron chi connectivity index (χ0n) is 8.76. The molecule has 0 atom stereocenters. The van der Waals surface area contributed by atoms with E-state index in [2.05, 4.69) is 0 Å². The van der Waals surface area contributed by atoms with Crippen LogP contribution in [0.1, 0.15) is 5.76 Å². The molecule has 0 amide bonds. The molecular weight excluding hydrogens is 240 g/mol. The van der Waals surface area contributed by atoms with E-state index < -0.39 is 5.97 Å². The normalized spacial score (nSPS) is 10.9. The summed E-state index contributed by atoms with van der Waals surface area (Å²) in [4.78, 5) is 10.3. The molecule has 4 heteroatoms. The molecule has 0 fully saturated rings. The van der Waals surface area contributed by atoms with Crippen LogP contribution in [-0.2, 0) is 4.79 Å². The largest absolute Gasteiger partial charge is 0.478 e. The fourth-order valence-electron chi connectivity index (χ4n) is 1.39. The lowest BCUT2D eigenvalue weighted by Gasteiger charge is -1.96. The average molecular weight is 249 g/mol. The van der Waals surface area contributed by atoms with E-state index in [0.717, 1.165) is 11.6 Å². The molecule has 86 valence electrons. The van der Waals surface area contributed by atoms with Crippen LogP contribution in [-0.4, -0.2) is 11.1 Å². The topological polar surface area (TPSA) is 50.4 Å². The van der Waals surface area contributed by atoms with Gasteiger partial charge in [0.15, 0.2) is 0 Å². The third-order valence-electron chi connectivity index (χ3n) is 2.13. The second kappa shape index (κ2) is 4.89. The highest BCUT2D eigenvalue weighted by Crippen LogP contribution is 2.25. The molecule has 0 bridgehead atoms. The summed E-state index contributed by atoms with van der Waals surface area (Å²) < 4.78 is 5.47. The van der Waals surface area contributed by atoms with Crippen molar-refractivity contribution in [2.75, 3.05) is 0 Å². The molecule has 3 nitrogen and oxygen atoms in total. The fraction of sp³-hybridized carbons (Fsp3) is 0. The van der Waals surface area contributed by atoms with Crippen molar-refractivity contribution in [1.82, 2.24) is 0 Å². The SMILES string of the molecule is O=C(O)/C=C/c1ccc(-c2cccc(Cl)c2)o1. The van der Waals surface area contributed by atoms with Crippen molar-refractivity contribution in [1.29, 1.82) is 0 Å². The highest BCUT2D eigenvalue weighted by Gasteiger charge is 2.03. The number of rotatable bonds is 3. The molecule has 0 radical (unpaired) electrons. The van der Waals surface area contributed by atoms with E-state index >= 15 is 0 Å². The van der Waals surface area contributed by atoms with E-state index in [1.807, 2.05) is 12.1 Å². The van der Waals surface area contributed by atoms with Gasteiger partial charge in [0.25, 0.3) is 0 Å². The van der Waals surface area contributed by atoms with Gasteiger partial charge in [-0.3, -0.25) is 0 Å². The summed E-state index contributed by atoms with van der Waals surface area (Å²) in [6, 6.07) is 10.7. The Morgan fingerprint density at radius 2 is 2.12 bits per heavy atom. The third kappa shape index (κ3) is 2.98. The van der Waals surface area contributed by atoms with Crippen molar-refractivity contribution in [3.05, 3.63) is 53.3 Å². The van der Waals surface area contributed by atoms with E-state index in [4.69, 9.17) is 21.1 Å². The van der Waals surface area contributed by atoms with Crippen molar-refractivity contribution in [3.8, 4) is 11.3 Å². The van der Waals surface area contributed by atoms with Gasteiger partial charge in [-0.15, -0.1) is 0 Å². The molecule has 1 aromatic heterocycles. The van der Waals surface area contributed by atoms with Gasteiger partial charge < -0.3 is 9.52 Å². The first-order chi connectivity index (χ1) is 8.15. The molecule has 17 heavy (non-hydrogen) atoms. The Morgan fingerprint density at radius 3 is 2.82 bits per heavy atom. The van der Waals surface area contributed by atoms with Crippen LogP contribution in [0.25, 0.3) is 17.4 Å². The van der Waals surface area contributed by atoms with Gasteiger partial charge in [-0.05, 0) is 30.3 Å². The second-order valence-corrected chi connectivity index (χ2v) is 3.82. The van der Waals surface area contributed by atoms with E-state index in [1.54, 1.807) is 24.3 Å². The number of hydrogen-bond acceptors (Lipinski definition) is 2. The first-order valence-corrected chi connectivity index (χ1v) is 5.30. The molecule has 0 saturated carbocycles. The number of carbonyl (C=O) groups is 1. The van der Waals surface area contributed by atoms with Crippen molar-refractivity contribution in [2.45, 2.75) is 0 Å². The van der Waals surface area contributed by atoms with Crippen LogP contribution in [0.4, 0.5) is 0 Å². The highest BCUT2D eigenvalue weighted by atomic mass is 35.5. The van der Waals surface area contributed by atoms with Crippen molar-refractivity contribution in [2.24, 2.45) is 0 Å². The van der Waals surface area contributed by atoms with E-state index in [1.165, 1.54) is 6.08 Å². The number of carboxylic acid groups (broad SMARTS) is 1. The molecule has 0 aliphatic heterocycles. The zero-order chi connectivity index (χ0) is 12.3. The molecule has 1 N–H and O–H groups in total. The Labute approximate surface area is 103 Å². The summed E-state index contributed by atoms with van der Waals surface area (Å²) >= 11 is 5.87. The van der Waals surface area contributed by atoms with Crippen LogP contribution in [0.2, 0.25) is 5.02 Å². The molecule has 1 heterocycles. The van der Waals surface area contributed by atoms with Gasteiger partial charge in [-0.25, -0.2) is 4.79 Å². The lowest BCUT2D eigenvalue weighted by Crippen LogP contribution is -1.84. The second-order valence-electron chi connectivity index (χ2n) is 3.38. The minimum atomic E-state index is -1.01. The van der Waals surface area contributed by atoms with Crippen LogP contribution >= 0.6 is 11.6 Å². The zero-order valence-corrected chi connectivity index (χ0v) is 9.52. The number of furan rings is 1. The van der Waals surface area contributed by atoms with Gasteiger partial charge in [0.1, 0.15) is 11.5 Å². The van der Waals surface area contributed by atoms with Gasteiger partial charge >= 0.3 is 5.97 Å². The van der Waals surface area contributed by atoms with Crippen molar-refractivity contribution in [3.63, 3.8) is 0 Å². The molecule has 1 aromatic carbocycles. The molecule has 0 aliphatic carbocycles. The third-order valence-corrected chi connectivity index (χ3v) is 2.36. The smallest absolute Gasteiger partial charge is 0.328 e. The first kappa shape index (κ1) is 11.5. The van der Waals surface area contributed by atoms with E-state index in [0.29, 0.717) is 16.5 Å². The van der Waals surface area contributed by atoms with E-state index in [-0.39, 0.29) is 0 Å². The monoisotopic (exact) mass is 248 g/mol. The Bertz CT molecular complexity index is 570. The lowest BCUT2D eigenvalue weighted by molar-refractivity contribution is -0.131. The lowest BCUT2D eigenvalue weighted by atomic mass is 10.2. The summed E-state index contributed by atoms with van der Waals surface area (Å²) in [5.41, 5.74) is 0.854. The molecular formula is C13H9ClO3. The number of halogens is 1. The maximum atomic E-state index is 10.3. The molecule has 0 aliphatic rings. The van der Waals surface area contributed by atoms with Crippen LogP contribution in [0.5, 0.6) is 0 Å². The van der Waals surface area contributed by atoms with Gasteiger partial charge in [0.05, 0.1) is 0 Å². The standard InChI is InChI=1S/C13H9ClO3/c14-10-3-1-2-9(8-10)12-6-4-11(17-12)5-7-13(15)16/h1-8H,(H,15,16)/b7-5+. The summed E-state index contributed by atoms with van der Waals surface area (Å²) in [5.74, 6) is 0.130. The maximum absolute atomic E-state index is 10.3. The Balaban J connectivity index is 2.27. The first-order valence-electron chi connectivity index (χ1n) is 4.92. The van der Waals surface area contributed by atoms with Gasteiger partial charge in [-0.2, -0.15) is 0 Å². The van der Waals surface area contributed by atoms with Crippen LogP contribution in [0.3, 0.4) is 0 Å². The maximum Gasteiger partial charge on any atom is 0.328 e. The predicted molar refractivity (Wildman–Crippen MR) is 65.8 cm³/mol. The van der Waals surface area contributed by atoms with Crippen LogP contribution < -0.4 is 0 Å². The Hall–Kier alpha value is -2.00.